The zero-order chi connectivity index (χ0) is 20.0. The monoisotopic (exact) mass is 409 g/mol. The Morgan fingerprint density at radius 1 is 1.07 bits per heavy atom. The maximum Gasteiger partial charge on any atom is 0.307 e. The fraction of sp³-hybridized carbons (Fsp3) is 0.263. The Hall–Kier alpha value is -2.38. The molecule has 0 spiro atoms. The Bertz CT molecular complexity index is 939. The molecule has 0 unspecified atom stereocenters. The van der Waals surface area contributed by atoms with E-state index in [2.05, 4.69) is 5.32 Å². The van der Waals surface area contributed by atoms with Crippen LogP contribution in [-0.4, -0.2) is 32.7 Å². The van der Waals surface area contributed by atoms with Gasteiger partial charge >= 0.3 is 5.97 Å². The molecule has 2 rings (SSSR count). The van der Waals surface area contributed by atoms with Crippen molar-refractivity contribution >= 4 is 39.0 Å². The zero-order valence-electron chi connectivity index (χ0n) is 15.0. The van der Waals surface area contributed by atoms with E-state index in [0.717, 1.165) is 11.1 Å². The van der Waals surface area contributed by atoms with Gasteiger partial charge in [0, 0.05) is 10.7 Å². The van der Waals surface area contributed by atoms with Crippen LogP contribution in [0.3, 0.4) is 0 Å². The van der Waals surface area contributed by atoms with Crippen molar-refractivity contribution in [3.05, 3.63) is 58.6 Å². The minimum Gasteiger partial charge on any atom is -0.456 e. The summed E-state index contributed by atoms with van der Waals surface area (Å²) in [6.45, 7) is 3.15. The van der Waals surface area contributed by atoms with E-state index in [0.29, 0.717) is 10.7 Å². The summed E-state index contributed by atoms with van der Waals surface area (Å²) >= 11 is 5.88. The Kier molecular flexibility index (Phi) is 6.98. The number of halogens is 1. The maximum atomic E-state index is 12.2. The molecule has 0 aromatic heterocycles. The van der Waals surface area contributed by atoms with Gasteiger partial charge in [0.25, 0.3) is 5.91 Å². The normalized spacial score (nSPS) is 11.1. The third kappa shape index (κ3) is 6.37. The molecule has 0 saturated carbocycles. The van der Waals surface area contributed by atoms with E-state index in [1.807, 2.05) is 6.92 Å². The lowest BCUT2D eigenvalue weighted by Crippen LogP contribution is -2.22. The van der Waals surface area contributed by atoms with E-state index in [1.54, 1.807) is 37.3 Å². The van der Waals surface area contributed by atoms with Gasteiger partial charge < -0.3 is 10.1 Å². The first-order chi connectivity index (χ1) is 12.7. The van der Waals surface area contributed by atoms with Gasteiger partial charge in [0.1, 0.15) is 0 Å². The Balaban J connectivity index is 1.82. The molecule has 0 bridgehead atoms. The molecule has 6 nitrogen and oxygen atoms in total. The molecule has 2 aromatic carbocycles. The number of aryl methyl sites for hydroxylation is 2. The molecule has 0 atom stereocenters. The summed E-state index contributed by atoms with van der Waals surface area (Å²) < 4.78 is 29.2. The van der Waals surface area contributed by atoms with Crippen LogP contribution in [0.15, 0.2) is 47.4 Å². The van der Waals surface area contributed by atoms with Crippen molar-refractivity contribution in [2.24, 2.45) is 0 Å². The molecule has 0 aliphatic heterocycles. The Labute approximate surface area is 163 Å². The number of benzene rings is 2. The largest absolute Gasteiger partial charge is 0.456 e. The minimum absolute atomic E-state index is 0.148. The topological polar surface area (TPSA) is 89.5 Å². The van der Waals surface area contributed by atoms with E-state index >= 15 is 0 Å². The van der Waals surface area contributed by atoms with E-state index in [-0.39, 0.29) is 17.1 Å². The number of amides is 1. The summed E-state index contributed by atoms with van der Waals surface area (Å²) in [6.07, 6.45) is -0.334. The van der Waals surface area contributed by atoms with Gasteiger partial charge in [-0.1, -0.05) is 35.4 Å². The van der Waals surface area contributed by atoms with Crippen LogP contribution in [0.4, 0.5) is 5.69 Å². The second kappa shape index (κ2) is 9.01. The number of hydrogen-bond donors (Lipinski definition) is 1. The molecule has 27 heavy (non-hydrogen) atoms. The van der Waals surface area contributed by atoms with E-state index in [9.17, 15) is 18.0 Å². The molecule has 1 N–H and O–H groups in total. The van der Waals surface area contributed by atoms with Crippen LogP contribution in [0, 0.1) is 13.8 Å². The van der Waals surface area contributed by atoms with Gasteiger partial charge in [-0.25, -0.2) is 8.42 Å². The van der Waals surface area contributed by atoms with Crippen LogP contribution < -0.4 is 5.32 Å². The lowest BCUT2D eigenvalue weighted by Gasteiger charge is -2.09. The SMILES string of the molecule is Cc1ccc(S(=O)(=O)CCC(=O)OCC(=O)Nc2cc(Cl)ccc2C)cc1. The summed E-state index contributed by atoms with van der Waals surface area (Å²) in [5, 5.41) is 3.06. The second-order valence-electron chi connectivity index (χ2n) is 6.05. The van der Waals surface area contributed by atoms with Gasteiger partial charge in [-0.05, 0) is 43.7 Å². The standard InChI is InChI=1S/C19H20ClNO5S/c1-13-3-7-16(8-4-13)27(24,25)10-9-19(23)26-12-18(22)21-17-11-15(20)6-5-14(17)2/h3-8,11H,9-10,12H2,1-2H3,(H,21,22). The van der Waals surface area contributed by atoms with Crippen molar-refractivity contribution < 1.29 is 22.7 Å². The minimum atomic E-state index is -3.59. The van der Waals surface area contributed by atoms with Gasteiger partial charge in [-0.2, -0.15) is 0 Å². The molecule has 0 aliphatic rings. The van der Waals surface area contributed by atoms with Crippen LogP contribution in [0.1, 0.15) is 17.5 Å². The highest BCUT2D eigenvalue weighted by Gasteiger charge is 2.17. The van der Waals surface area contributed by atoms with Crippen molar-refractivity contribution in [1.29, 1.82) is 0 Å². The average molecular weight is 410 g/mol. The van der Waals surface area contributed by atoms with Crippen LogP contribution >= 0.6 is 11.6 Å². The van der Waals surface area contributed by atoms with Gasteiger partial charge in [-0.3, -0.25) is 9.59 Å². The third-order valence-corrected chi connectivity index (χ3v) is 5.76. The zero-order valence-corrected chi connectivity index (χ0v) is 16.6. The van der Waals surface area contributed by atoms with Gasteiger partial charge in [-0.15, -0.1) is 0 Å². The molecular weight excluding hydrogens is 390 g/mol. The van der Waals surface area contributed by atoms with Gasteiger partial charge in [0.2, 0.25) is 0 Å². The Morgan fingerprint density at radius 2 is 1.74 bits per heavy atom. The van der Waals surface area contributed by atoms with E-state index in [1.165, 1.54) is 12.1 Å². The van der Waals surface area contributed by atoms with Crippen LogP contribution in [0.25, 0.3) is 0 Å². The summed E-state index contributed by atoms with van der Waals surface area (Å²) in [5.74, 6) is -1.68. The van der Waals surface area contributed by atoms with Crippen LogP contribution in [0.5, 0.6) is 0 Å². The first kappa shape index (κ1) is 20.9. The number of ether oxygens (including phenoxy) is 1. The number of carbonyl (C=O) groups excluding carboxylic acids is 2. The lowest BCUT2D eigenvalue weighted by molar-refractivity contribution is -0.146. The first-order valence-corrected chi connectivity index (χ1v) is 10.2. The number of hydrogen-bond acceptors (Lipinski definition) is 5. The lowest BCUT2D eigenvalue weighted by atomic mass is 10.2. The highest BCUT2D eigenvalue weighted by atomic mass is 35.5. The highest BCUT2D eigenvalue weighted by Crippen LogP contribution is 2.20. The van der Waals surface area contributed by atoms with E-state index < -0.39 is 28.3 Å². The molecule has 0 saturated heterocycles. The fourth-order valence-corrected chi connectivity index (χ4v) is 3.61. The maximum absolute atomic E-state index is 12.2. The molecule has 0 radical (unpaired) electrons. The van der Waals surface area contributed by atoms with Gasteiger partial charge in [0.15, 0.2) is 16.4 Å². The number of sulfone groups is 1. The van der Waals surface area contributed by atoms with Crippen LogP contribution in [0.2, 0.25) is 5.02 Å². The molecule has 8 heteroatoms. The number of esters is 1. The molecule has 0 aliphatic carbocycles. The van der Waals surface area contributed by atoms with Crippen molar-refractivity contribution in [3.63, 3.8) is 0 Å². The summed E-state index contributed by atoms with van der Waals surface area (Å²) in [4.78, 5) is 23.8. The Morgan fingerprint density at radius 3 is 2.41 bits per heavy atom. The van der Waals surface area contributed by atoms with E-state index in [4.69, 9.17) is 16.3 Å². The van der Waals surface area contributed by atoms with Crippen LogP contribution in [-0.2, 0) is 24.2 Å². The number of rotatable bonds is 7. The molecule has 1 amide bonds. The summed E-state index contributed by atoms with van der Waals surface area (Å²) in [6, 6.07) is 11.4. The highest BCUT2D eigenvalue weighted by molar-refractivity contribution is 7.91. The quantitative estimate of drug-likeness (QED) is 0.708. The van der Waals surface area contributed by atoms with Crippen molar-refractivity contribution in [3.8, 4) is 0 Å². The van der Waals surface area contributed by atoms with Gasteiger partial charge in [0.05, 0.1) is 17.1 Å². The first-order valence-electron chi connectivity index (χ1n) is 8.18. The summed E-state index contributed by atoms with van der Waals surface area (Å²) in [7, 11) is -3.59. The number of anilines is 1. The molecule has 2 aromatic rings. The van der Waals surface area contributed by atoms with Crippen molar-refractivity contribution in [2.45, 2.75) is 25.2 Å². The number of carbonyl (C=O) groups is 2. The fourth-order valence-electron chi connectivity index (χ4n) is 2.21. The smallest absolute Gasteiger partial charge is 0.307 e. The number of nitrogens with one attached hydrogen (secondary N) is 1. The summed E-state index contributed by atoms with van der Waals surface area (Å²) in [5.41, 5.74) is 2.27. The predicted octanol–water partition coefficient (Wildman–Crippen LogP) is 3.30. The van der Waals surface area contributed by atoms with Crippen molar-refractivity contribution in [1.82, 2.24) is 0 Å². The third-order valence-electron chi connectivity index (χ3n) is 3.79. The average Bonchev–Trinajstić information content (AvgIpc) is 2.62. The molecule has 0 fully saturated rings. The molecular formula is C19H20ClNO5S. The van der Waals surface area contributed by atoms with Crippen molar-refractivity contribution in [2.75, 3.05) is 17.7 Å². The second-order valence-corrected chi connectivity index (χ2v) is 8.60. The predicted molar refractivity (Wildman–Crippen MR) is 104 cm³/mol. The molecule has 144 valence electrons. The molecule has 0 heterocycles.